The standard InChI is InChI=1S/C17H19BrN4O2/c1-3-22-10-13(11(2)20-22)9-19-17(23)16-8-15(21-24-16)12-5-4-6-14(18)7-12/h4-7,10,16H,3,8-9H2,1-2H3,(H,19,23)/t16-/m1/s1. The van der Waals surface area contributed by atoms with E-state index in [4.69, 9.17) is 4.84 Å². The predicted octanol–water partition coefficient (Wildman–Crippen LogP) is 2.78. The maximum absolute atomic E-state index is 12.3. The molecule has 0 radical (unpaired) electrons. The summed E-state index contributed by atoms with van der Waals surface area (Å²) in [6.07, 6.45) is 1.84. The van der Waals surface area contributed by atoms with Gasteiger partial charge in [0, 0.05) is 41.3 Å². The average molecular weight is 391 g/mol. The van der Waals surface area contributed by atoms with E-state index in [2.05, 4.69) is 31.5 Å². The first-order valence-electron chi connectivity index (χ1n) is 7.86. The monoisotopic (exact) mass is 390 g/mol. The molecule has 0 aliphatic carbocycles. The Hall–Kier alpha value is -2.15. The number of aryl methyl sites for hydroxylation is 2. The molecule has 2 heterocycles. The molecule has 0 bridgehead atoms. The third-order valence-electron chi connectivity index (χ3n) is 3.94. The van der Waals surface area contributed by atoms with Gasteiger partial charge in [-0.2, -0.15) is 5.10 Å². The number of carbonyl (C=O) groups is 1. The second kappa shape index (κ2) is 7.17. The van der Waals surface area contributed by atoms with Crippen LogP contribution >= 0.6 is 15.9 Å². The van der Waals surface area contributed by atoms with Gasteiger partial charge < -0.3 is 10.2 Å². The van der Waals surface area contributed by atoms with Crippen molar-refractivity contribution in [2.45, 2.75) is 39.5 Å². The van der Waals surface area contributed by atoms with Crippen LogP contribution in [0.1, 0.15) is 30.2 Å². The van der Waals surface area contributed by atoms with E-state index < -0.39 is 6.10 Å². The highest BCUT2D eigenvalue weighted by atomic mass is 79.9. The Morgan fingerprint density at radius 3 is 3.04 bits per heavy atom. The lowest BCUT2D eigenvalue weighted by molar-refractivity contribution is -0.131. The Kier molecular flexibility index (Phi) is 4.99. The molecule has 0 spiro atoms. The van der Waals surface area contributed by atoms with Gasteiger partial charge in [0.05, 0.1) is 11.4 Å². The molecule has 1 aromatic heterocycles. The van der Waals surface area contributed by atoms with Crippen LogP contribution in [0.25, 0.3) is 0 Å². The summed E-state index contributed by atoms with van der Waals surface area (Å²) >= 11 is 3.44. The van der Waals surface area contributed by atoms with E-state index in [1.807, 2.05) is 49.0 Å². The van der Waals surface area contributed by atoms with E-state index in [9.17, 15) is 4.79 Å². The third kappa shape index (κ3) is 3.67. The SMILES string of the molecule is CCn1cc(CNC(=O)[C@H]2CC(c3cccc(Br)c3)=NO2)c(C)n1. The van der Waals surface area contributed by atoms with Crippen LogP contribution in [0.2, 0.25) is 0 Å². The summed E-state index contributed by atoms with van der Waals surface area (Å²) in [4.78, 5) is 17.6. The molecule has 1 aliphatic rings. The molecule has 1 atom stereocenters. The number of halogens is 1. The number of benzene rings is 1. The molecule has 1 N–H and O–H groups in total. The van der Waals surface area contributed by atoms with Crippen molar-refractivity contribution in [3.63, 3.8) is 0 Å². The van der Waals surface area contributed by atoms with Crippen LogP contribution in [-0.2, 0) is 22.7 Å². The number of rotatable bonds is 5. The number of hydrogen-bond donors (Lipinski definition) is 1. The topological polar surface area (TPSA) is 68.5 Å². The number of hydrogen-bond acceptors (Lipinski definition) is 4. The smallest absolute Gasteiger partial charge is 0.264 e. The van der Waals surface area contributed by atoms with Crippen LogP contribution in [0.5, 0.6) is 0 Å². The number of nitrogens with zero attached hydrogens (tertiary/aromatic N) is 3. The van der Waals surface area contributed by atoms with Gasteiger partial charge in [-0.25, -0.2) is 0 Å². The molecule has 0 saturated carbocycles. The first kappa shape index (κ1) is 16.7. The molecule has 1 amide bonds. The van der Waals surface area contributed by atoms with Gasteiger partial charge in [0.15, 0.2) is 0 Å². The normalized spacial score (nSPS) is 16.6. The molecule has 0 saturated heterocycles. The average Bonchev–Trinajstić information content (AvgIpc) is 3.19. The van der Waals surface area contributed by atoms with Gasteiger partial charge in [-0.15, -0.1) is 0 Å². The third-order valence-corrected chi connectivity index (χ3v) is 4.44. The molecular weight excluding hydrogens is 372 g/mol. The molecule has 24 heavy (non-hydrogen) atoms. The maximum atomic E-state index is 12.3. The molecule has 1 aliphatic heterocycles. The lowest BCUT2D eigenvalue weighted by atomic mass is 10.0. The first-order valence-corrected chi connectivity index (χ1v) is 8.65. The Labute approximate surface area is 149 Å². The van der Waals surface area contributed by atoms with Gasteiger partial charge in [0.25, 0.3) is 5.91 Å². The fourth-order valence-corrected chi connectivity index (χ4v) is 2.95. The van der Waals surface area contributed by atoms with E-state index in [1.54, 1.807) is 0 Å². The highest BCUT2D eigenvalue weighted by molar-refractivity contribution is 9.10. The highest BCUT2D eigenvalue weighted by Crippen LogP contribution is 2.20. The number of aromatic nitrogens is 2. The summed E-state index contributed by atoms with van der Waals surface area (Å²) in [7, 11) is 0. The van der Waals surface area contributed by atoms with Crippen molar-refractivity contribution < 1.29 is 9.63 Å². The molecule has 3 rings (SSSR count). The lowest BCUT2D eigenvalue weighted by Crippen LogP contribution is -2.34. The summed E-state index contributed by atoms with van der Waals surface area (Å²) in [5, 5.41) is 11.3. The van der Waals surface area contributed by atoms with Crippen molar-refractivity contribution in [3.05, 3.63) is 51.8 Å². The Morgan fingerprint density at radius 1 is 1.50 bits per heavy atom. The zero-order valence-electron chi connectivity index (χ0n) is 13.6. The molecule has 0 fully saturated rings. The summed E-state index contributed by atoms with van der Waals surface area (Å²) in [5.74, 6) is -0.160. The summed E-state index contributed by atoms with van der Waals surface area (Å²) in [5.41, 5.74) is 3.68. The van der Waals surface area contributed by atoms with Gasteiger partial charge >= 0.3 is 0 Å². The second-order valence-corrected chi connectivity index (χ2v) is 6.58. The van der Waals surface area contributed by atoms with Crippen LogP contribution in [0.4, 0.5) is 0 Å². The van der Waals surface area contributed by atoms with E-state index >= 15 is 0 Å². The van der Waals surface area contributed by atoms with Crippen molar-refractivity contribution in [2.24, 2.45) is 5.16 Å². The van der Waals surface area contributed by atoms with Gasteiger partial charge in [0.2, 0.25) is 6.10 Å². The number of carbonyl (C=O) groups excluding carboxylic acids is 1. The van der Waals surface area contributed by atoms with Crippen LogP contribution < -0.4 is 5.32 Å². The maximum Gasteiger partial charge on any atom is 0.264 e. The second-order valence-electron chi connectivity index (χ2n) is 5.66. The quantitative estimate of drug-likeness (QED) is 0.853. The fraction of sp³-hybridized carbons (Fsp3) is 0.353. The number of oxime groups is 1. The van der Waals surface area contributed by atoms with Crippen molar-refractivity contribution in [1.29, 1.82) is 0 Å². The fourth-order valence-electron chi connectivity index (χ4n) is 2.55. The van der Waals surface area contributed by atoms with E-state index in [0.717, 1.165) is 33.5 Å². The van der Waals surface area contributed by atoms with Crippen molar-refractivity contribution in [2.75, 3.05) is 0 Å². The Bertz CT molecular complexity index is 785. The molecular formula is C17H19BrN4O2. The van der Waals surface area contributed by atoms with Crippen LogP contribution in [0.3, 0.4) is 0 Å². The molecule has 6 nitrogen and oxygen atoms in total. The number of nitrogens with one attached hydrogen (secondary N) is 1. The van der Waals surface area contributed by atoms with E-state index in [1.165, 1.54) is 0 Å². The molecule has 0 unspecified atom stereocenters. The van der Waals surface area contributed by atoms with Crippen LogP contribution in [0.15, 0.2) is 40.1 Å². The molecule has 1 aromatic carbocycles. The lowest BCUT2D eigenvalue weighted by Gasteiger charge is -2.09. The zero-order valence-corrected chi connectivity index (χ0v) is 15.2. The zero-order chi connectivity index (χ0) is 17.1. The van der Waals surface area contributed by atoms with Gasteiger partial charge in [-0.3, -0.25) is 9.48 Å². The molecule has 2 aromatic rings. The van der Waals surface area contributed by atoms with Crippen LogP contribution in [-0.4, -0.2) is 27.5 Å². The summed E-state index contributed by atoms with van der Waals surface area (Å²) in [6.45, 7) is 5.22. The van der Waals surface area contributed by atoms with Crippen molar-refractivity contribution >= 4 is 27.5 Å². The summed E-state index contributed by atoms with van der Waals surface area (Å²) in [6, 6.07) is 7.80. The Morgan fingerprint density at radius 2 is 2.33 bits per heavy atom. The van der Waals surface area contributed by atoms with Crippen molar-refractivity contribution in [3.8, 4) is 0 Å². The minimum atomic E-state index is -0.583. The molecule has 7 heteroatoms. The van der Waals surface area contributed by atoms with Crippen molar-refractivity contribution in [1.82, 2.24) is 15.1 Å². The first-order chi connectivity index (χ1) is 11.6. The minimum absolute atomic E-state index is 0.160. The summed E-state index contributed by atoms with van der Waals surface area (Å²) < 4.78 is 2.83. The predicted molar refractivity (Wildman–Crippen MR) is 94.7 cm³/mol. The van der Waals surface area contributed by atoms with Gasteiger partial charge in [0.1, 0.15) is 0 Å². The van der Waals surface area contributed by atoms with E-state index in [0.29, 0.717) is 13.0 Å². The van der Waals surface area contributed by atoms with Crippen LogP contribution in [0, 0.1) is 6.92 Å². The number of amides is 1. The van der Waals surface area contributed by atoms with E-state index in [-0.39, 0.29) is 5.91 Å². The van der Waals surface area contributed by atoms with Gasteiger partial charge in [-0.1, -0.05) is 33.2 Å². The highest BCUT2D eigenvalue weighted by Gasteiger charge is 2.28. The van der Waals surface area contributed by atoms with Gasteiger partial charge in [-0.05, 0) is 26.0 Å². The molecule has 126 valence electrons. The minimum Gasteiger partial charge on any atom is -0.382 e. The Balaban J connectivity index is 1.56. The largest absolute Gasteiger partial charge is 0.382 e.